The highest BCUT2D eigenvalue weighted by Gasteiger charge is 2.00. The average Bonchev–Trinajstić information content (AvgIpc) is 2.38. The number of carbonyl (C=O) groups is 1. The zero-order valence-electron chi connectivity index (χ0n) is 11.0. The quantitative estimate of drug-likeness (QED) is 0.549. The van der Waals surface area contributed by atoms with Crippen LogP contribution in [-0.2, 0) is 20.9 Å². The second-order valence-corrected chi connectivity index (χ2v) is 4.09. The Hall–Kier alpha value is -1.61. The summed E-state index contributed by atoms with van der Waals surface area (Å²) in [6.07, 6.45) is 3.27. The average molecular weight is 248 g/mol. The van der Waals surface area contributed by atoms with Gasteiger partial charge < -0.3 is 9.47 Å². The van der Waals surface area contributed by atoms with E-state index >= 15 is 0 Å². The van der Waals surface area contributed by atoms with Gasteiger partial charge in [0, 0.05) is 6.08 Å². The van der Waals surface area contributed by atoms with Crippen molar-refractivity contribution in [3.8, 4) is 0 Å². The Morgan fingerprint density at radius 3 is 2.72 bits per heavy atom. The molecule has 1 aromatic carbocycles. The maximum atomic E-state index is 11.1. The highest BCUT2D eigenvalue weighted by molar-refractivity contribution is 5.81. The number of ether oxygens (including phenoxy) is 2. The van der Waals surface area contributed by atoms with Crippen LogP contribution in [0.15, 0.2) is 42.5 Å². The van der Waals surface area contributed by atoms with Crippen LogP contribution in [0.1, 0.15) is 19.4 Å². The lowest BCUT2D eigenvalue weighted by Crippen LogP contribution is -2.05. The normalized spacial score (nSPS) is 12.6. The molecule has 1 aromatic rings. The third kappa shape index (κ3) is 6.21. The van der Waals surface area contributed by atoms with E-state index in [-0.39, 0.29) is 11.9 Å². The number of rotatable bonds is 7. The molecule has 0 heterocycles. The summed E-state index contributed by atoms with van der Waals surface area (Å²) in [6.45, 7) is 5.38. The van der Waals surface area contributed by atoms with Crippen molar-refractivity contribution in [2.24, 2.45) is 5.92 Å². The molecule has 98 valence electrons. The molecule has 18 heavy (non-hydrogen) atoms. The van der Waals surface area contributed by atoms with Crippen LogP contribution in [0.2, 0.25) is 0 Å². The predicted molar refractivity (Wildman–Crippen MR) is 71.0 cm³/mol. The molecule has 1 rings (SSSR count). The van der Waals surface area contributed by atoms with Crippen LogP contribution in [0, 0.1) is 5.92 Å². The standard InChI is InChI=1S/C15H20O3/c1-3-18-15(16)10-9-13(2)11-17-12-14-7-5-4-6-8-14/h4-10,13H,3,11-12H2,1-2H3/b10-9-/t13-/m1/s1. The molecule has 0 aliphatic carbocycles. The first-order valence-corrected chi connectivity index (χ1v) is 6.19. The predicted octanol–water partition coefficient (Wildman–Crippen LogP) is 2.96. The Labute approximate surface area is 108 Å². The van der Waals surface area contributed by atoms with Crippen LogP contribution in [0.5, 0.6) is 0 Å². The van der Waals surface area contributed by atoms with Gasteiger partial charge in [0.2, 0.25) is 0 Å². The van der Waals surface area contributed by atoms with E-state index in [0.29, 0.717) is 19.8 Å². The Balaban J connectivity index is 2.21. The van der Waals surface area contributed by atoms with Crippen molar-refractivity contribution in [1.29, 1.82) is 0 Å². The zero-order valence-corrected chi connectivity index (χ0v) is 11.0. The second kappa shape index (κ2) is 8.48. The molecule has 0 radical (unpaired) electrons. The van der Waals surface area contributed by atoms with E-state index in [1.807, 2.05) is 43.3 Å². The maximum Gasteiger partial charge on any atom is 0.330 e. The summed E-state index contributed by atoms with van der Waals surface area (Å²) < 4.78 is 10.4. The molecule has 0 aliphatic rings. The first-order valence-electron chi connectivity index (χ1n) is 6.19. The number of esters is 1. The number of carbonyl (C=O) groups excluding carboxylic acids is 1. The summed E-state index contributed by atoms with van der Waals surface area (Å²) in [5.41, 5.74) is 1.15. The third-order valence-corrected chi connectivity index (χ3v) is 2.34. The minimum absolute atomic E-state index is 0.193. The van der Waals surface area contributed by atoms with E-state index in [1.165, 1.54) is 6.08 Å². The van der Waals surface area contributed by atoms with Crippen molar-refractivity contribution in [1.82, 2.24) is 0 Å². The van der Waals surface area contributed by atoms with E-state index < -0.39 is 0 Å². The van der Waals surface area contributed by atoms with E-state index in [2.05, 4.69) is 0 Å². The molecule has 0 saturated heterocycles. The molecular weight excluding hydrogens is 228 g/mol. The molecule has 0 spiro atoms. The van der Waals surface area contributed by atoms with Crippen LogP contribution in [-0.4, -0.2) is 19.2 Å². The molecule has 1 atom stereocenters. The first kappa shape index (κ1) is 14.5. The van der Waals surface area contributed by atoms with Gasteiger partial charge in [0.15, 0.2) is 0 Å². The van der Waals surface area contributed by atoms with Gasteiger partial charge in [0.05, 0.1) is 19.8 Å². The third-order valence-electron chi connectivity index (χ3n) is 2.34. The monoisotopic (exact) mass is 248 g/mol. The highest BCUT2D eigenvalue weighted by Crippen LogP contribution is 2.04. The summed E-state index contributed by atoms with van der Waals surface area (Å²) in [5.74, 6) is -0.106. The zero-order chi connectivity index (χ0) is 13.2. The van der Waals surface area contributed by atoms with E-state index in [9.17, 15) is 4.79 Å². The van der Waals surface area contributed by atoms with Gasteiger partial charge in [0.25, 0.3) is 0 Å². The van der Waals surface area contributed by atoms with Gasteiger partial charge in [-0.1, -0.05) is 43.3 Å². The van der Waals surface area contributed by atoms with Gasteiger partial charge in [-0.05, 0) is 18.4 Å². The molecule has 0 fully saturated rings. The van der Waals surface area contributed by atoms with Crippen molar-refractivity contribution < 1.29 is 14.3 Å². The van der Waals surface area contributed by atoms with E-state index in [4.69, 9.17) is 9.47 Å². The molecule has 0 bridgehead atoms. The van der Waals surface area contributed by atoms with Gasteiger partial charge in [-0.25, -0.2) is 4.79 Å². The van der Waals surface area contributed by atoms with Gasteiger partial charge in [-0.15, -0.1) is 0 Å². The summed E-state index contributed by atoms with van der Waals surface area (Å²) in [4.78, 5) is 11.1. The fourth-order valence-electron chi connectivity index (χ4n) is 1.43. The van der Waals surface area contributed by atoms with Crippen LogP contribution in [0.4, 0.5) is 0 Å². The van der Waals surface area contributed by atoms with Crippen molar-refractivity contribution in [2.75, 3.05) is 13.2 Å². The topological polar surface area (TPSA) is 35.5 Å². The summed E-state index contributed by atoms with van der Waals surface area (Å²) in [7, 11) is 0. The Morgan fingerprint density at radius 2 is 2.06 bits per heavy atom. The smallest absolute Gasteiger partial charge is 0.330 e. The molecule has 0 aliphatic heterocycles. The van der Waals surface area contributed by atoms with Crippen LogP contribution in [0.25, 0.3) is 0 Å². The lowest BCUT2D eigenvalue weighted by atomic mass is 10.2. The molecular formula is C15H20O3. The Morgan fingerprint density at radius 1 is 1.33 bits per heavy atom. The maximum absolute atomic E-state index is 11.1. The van der Waals surface area contributed by atoms with Crippen LogP contribution >= 0.6 is 0 Å². The molecule has 3 heteroatoms. The van der Waals surface area contributed by atoms with Crippen LogP contribution in [0.3, 0.4) is 0 Å². The van der Waals surface area contributed by atoms with Crippen molar-refractivity contribution in [3.63, 3.8) is 0 Å². The first-order chi connectivity index (χ1) is 8.72. The molecule has 0 unspecified atom stereocenters. The minimum Gasteiger partial charge on any atom is -0.463 e. The van der Waals surface area contributed by atoms with Gasteiger partial charge in [-0.2, -0.15) is 0 Å². The fourth-order valence-corrected chi connectivity index (χ4v) is 1.43. The number of hydrogen-bond acceptors (Lipinski definition) is 3. The van der Waals surface area contributed by atoms with E-state index in [0.717, 1.165) is 5.56 Å². The van der Waals surface area contributed by atoms with Crippen LogP contribution < -0.4 is 0 Å². The fraction of sp³-hybridized carbons (Fsp3) is 0.400. The molecule has 0 aromatic heterocycles. The minimum atomic E-state index is -0.299. The lowest BCUT2D eigenvalue weighted by molar-refractivity contribution is -0.137. The van der Waals surface area contributed by atoms with Gasteiger partial charge in [0.1, 0.15) is 0 Å². The Bertz CT molecular complexity index is 371. The molecule has 0 saturated carbocycles. The molecule has 0 N–H and O–H groups in total. The van der Waals surface area contributed by atoms with Crippen molar-refractivity contribution >= 4 is 5.97 Å². The van der Waals surface area contributed by atoms with Gasteiger partial charge in [-0.3, -0.25) is 0 Å². The second-order valence-electron chi connectivity index (χ2n) is 4.09. The van der Waals surface area contributed by atoms with E-state index in [1.54, 1.807) is 6.92 Å². The lowest BCUT2D eigenvalue weighted by Gasteiger charge is -2.07. The summed E-state index contributed by atoms with van der Waals surface area (Å²) >= 11 is 0. The number of hydrogen-bond donors (Lipinski definition) is 0. The number of benzene rings is 1. The van der Waals surface area contributed by atoms with Crippen molar-refractivity contribution in [2.45, 2.75) is 20.5 Å². The van der Waals surface area contributed by atoms with Gasteiger partial charge >= 0.3 is 5.97 Å². The largest absolute Gasteiger partial charge is 0.463 e. The molecule has 0 amide bonds. The summed E-state index contributed by atoms with van der Waals surface area (Å²) in [6, 6.07) is 10.0. The summed E-state index contributed by atoms with van der Waals surface area (Å²) in [5, 5.41) is 0. The van der Waals surface area contributed by atoms with Crippen molar-refractivity contribution in [3.05, 3.63) is 48.0 Å². The highest BCUT2D eigenvalue weighted by atomic mass is 16.5. The SMILES string of the molecule is CCOC(=O)/C=C\[C@@H](C)COCc1ccccc1. The molecule has 3 nitrogen and oxygen atoms in total. The Kier molecular flexibility index (Phi) is 6.81.